The zero-order valence-corrected chi connectivity index (χ0v) is 24.1. The molecule has 0 N–H and O–H groups in total. The summed E-state index contributed by atoms with van der Waals surface area (Å²) < 4.78 is 19.4. The Morgan fingerprint density at radius 2 is 1.75 bits per heavy atom. The summed E-state index contributed by atoms with van der Waals surface area (Å²) in [6, 6.07) is 10.4. The SMILES string of the molecule is CC[C@@](C[C@@H]1OC(C)(C)N(C(=O)OC(C)(C)C)[C@H]1CC1CCCCC1)(OCc1ccccc1)C(C)C. The fourth-order valence-corrected chi connectivity index (χ4v) is 6.19. The van der Waals surface area contributed by atoms with Gasteiger partial charge in [0.2, 0.25) is 0 Å². The molecule has 5 heteroatoms. The summed E-state index contributed by atoms with van der Waals surface area (Å²) in [4.78, 5) is 15.5. The first-order valence-corrected chi connectivity index (χ1v) is 14.2. The van der Waals surface area contributed by atoms with Gasteiger partial charge in [-0.15, -0.1) is 0 Å². The third-order valence-corrected chi connectivity index (χ3v) is 8.24. The van der Waals surface area contributed by atoms with E-state index in [2.05, 4.69) is 45.0 Å². The predicted molar refractivity (Wildman–Crippen MR) is 146 cm³/mol. The Balaban J connectivity index is 1.89. The number of hydrogen-bond acceptors (Lipinski definition) is 4. The summed E-state index contributed by atoms with van der Waals surface area (Å²) in [7, 11) is 0. The van der Waals surface area contributed by atoms with Crippen LogP contribution in [0.1, 0.15) is 112 Å². The van der Waals surface area contributed by atoms with E-state index in [1.54, 1.807) is 0 Å². The number of rotatable bonds is 9. The first-order valence-electron chi connectivity index (χ1n) is 14.2. The number of carbonyl (C=O) groups is 1. The lowest BCUT2D eigenvalue weighted by Crippen LogP contribution is -2.51. The molecule has 0 bridgehead atoms. The molecule has 1 aliphatic heterocycles. The van der Waals surface area contributed by atoms with Crippen LogP contribution in [0.5, 0.6) is 0 Å². The molecule has 2 fully saturated rings. The predicted octanol–water partition coefficient (Wildman–Crippen LogP) is 8.11. The average molecular weight is 502 g/mol. The molecule has 2 aliphatic rings. The molecule has 1 aromatic rings. The second kappa shape index (κ2) is 11.9. The highest BCUT2D eigenvalue weighted by molar-refractivity contribution is 5.70. The highest BCUT2D eigenvalue weighted by Crippen LogP contribution is 2.44. The molecule has 5 nitrogen and oxygen atoms in total. The van der Waals surface area contributed by atoms with Gasteiger partial charge >= 0.3 is 6.09 Å². The van der Waals surface area contributed by atoms with E-state index in [0.29, 0.717) is 18.4 Å². The zero-order chi connectivity index (χ0) is 26.6. The second-order valence-electron chi connectivity index (χ2n) is 12.8. The van der Waals surface area contributed by atoms with Crippen LogP contribution in [0.15, 0.2) is 30.3 Å². The highest BCUT2D eigenvalue weighted by atomic mass is 16.6. The van der Waals surface area contributed by atoms with Gasteiger partial charge in [-0.2, -0.15) is 0 Å². The van der Waals surface area contributed by atoms with E-state index in [-0.39, 0.29) is 23.8 Å². The van der Waals surface area contributed by atoms with E-state index in [9.17, 15) is 4.79 Å². The van der Waals surface area contributed by atoms with Crippen LogP contribution in [0.25, 0.3) is 0 Å². The first-order chi connectivity index (χ1) is 16.9. The Hall–Kier alpha value is -1.59. The Labute approximate surface area is 220 Å². The van der Waals surface area contributed by atoms with Crippen LogP contribution < -0.4 is 0 Å². The van der Waals surface area contributed by atoms with E-state index in [1.165, 1.54) is 37.7 Å². The van der Waals surface area contributed by atoms with Crippen LogP contribution in [0.3, 0.4) is 0 Å². The van der Waals surface area contributed by atoms with Crippen LogP contribution in [0, 0.1) is 11.8 Å². The van der Waals surface area contributed by atoms with Crippen LogP contribution in [0.4, 0.5) is 4.79 Å². The van der Waals surface area contributed by atoms with Crippen molar-refractivity contribution in [2.75, 3.05) is 0 Å². The largest absolute Gasteiger partial charge is 0.444 e. The van der Waals surface area contributed by atoms with E-state index >= 15 is 0 Å². The topological polar surface area (TPSA) is 48.0 Å². The van der Waals surface area contributed by atoms with Gasteiger partial charge < -0.3 is 14.2 Å². The zero-order valence-electron chi connectivity index (χ0n) is 24.1. The number of ether oxygens (including phenoxy) is 3. The number of benzene rings is 1. The molecule has 1 saturated heterocycles. The summed E-state index contributed by atoms with van der Waals surface area (Å²) >= 11 is 0. The molecular formula is C31H51NO4. The van der Waals surface area contributed by atoms with Crippen molar-refractivity contribution in [3.05, 3.63) is 35.9 Å². The van der Waals surface area contributed by atoms with Crippen LogP contribution in [0.2, 0.25) is 0 Å². The monoisotopic (exact) mass is 501 g/mol. The van der Waals surface area contributed by atoms with Gasteiger partial charge in [-0.25, -0.2) is 4.79 Å². The van der Waals surface area contributed by atoms with Gasteiger partial charge in [0.1, 0.15) is 11.3 Å². The summed E-state index contributed by atoms with van der Waals surface area (Å²) in [6.45, 7) is 17.1. The normalized spacial score (nSPS) is 24.6. The standard InChI is InChI=1S/C31H51NO4/c1-9-31(23(2)3,34-22-25-18-14-11-15-19-25)21-27-26(20-24-16-12-10-13-17-24)32(30(7,8)35-27)28(33)36-29(4,5)6/h11,14-15,18-19,23-24,26-27H,9-10,12-13,16-17,20-22H2,1-8H3/t26-,27-,31-/m0/s1. The van der Waals surface area contributed by atoms with Crippen LogP contribution in [-0.2, 0) is 20.8 Å². The molecule has 36 heavy (non-hydrogen) atoms. The summed E-state index contributed by atoms with van der Waals surface area (Å²) in [6.07, 6.45) is 8.59. The van der Waals surface area contributed by atoms with Crippen molar-refractivity contribution >= 4 is 6.09 Å². The van der Waals surface area contributed by atoms with E-state index in [4.69, 9.17) is 14.2 Å². The van der Waals surface area contributed by atoms with Crippen LogP contribution >= 0.6 is 0 Å². The molecule has 3 atom stereocenters. The van der Waals surface area contributed by atoms with Crippen molar-refractivity contribution in [1.82, 2.24) is 4.90 Å². The average Bonchev–Trinajstić information content (AvgIpc) is 3.05. The number of nitrogens with zero attached hydrogens (tertiary/aromatic N) is 1. The van der Waals surface area contributed by atoms with Crippen molar-refractivity contribution in [3.63, 3.8) is 0 Å². The summed E-state index contributed by atoms with van der Waals surface area (Å²) in [5.41, 5.74) is -0.448. The van der Waals surface area contributed by atoms with Crippen molar-refractivity contribution in [1.29, 1.82) is 0 Å². The quantitative estimate of drug-likeness (QED) is 0.343. The molecule has 0 radical (unpaired) electrons. The fourth-order valence-electron chi connectivity index (χ4n) is 6.19. The molecule has 1 heterocycles. The van der Waals surface area contributed by atoms with Gasteiger partial charge in [0, 0.05) is 6.42 Å². The van der Waals surface area contributed by atoms with Crippen molar-refractivity contribution < 1.29 is 19.0 Å². The van der Waals surface area contributed by atoms with Gasteiger partial charge in [0.05, 0.1) is 24.4 Å². The molecule has 1 saturated carbocycles. The third-order valence-electron chi connectivity index (χ3n) is 8.24. The fraction of sp³-hybridized carbons (Fsp3) is 0.774. The molecular weight excluding hydrogens is 450 g/mol. The molecule has 204 valence electrons. The molecule has 0 spiro atoms. The maximum absolute atomic E-state index is 13.5. The Kier molecular flexibility index (Phi) is 9.54. The van der Waals surface area contributed by atoms with E-state index in [0.717, 1.165) is 19.3 Å². The Morgan fingerprint density at radius 1 is 1.11 bits per heavy atom. The maximum Gasteiger partial charge on any atom is 0.412 e. The van der Waals surface area contributed by atoms with E-state index in [1.807, 2.05) is 45.6 Å². The minimum atomic E-state index is -0.734. The summed E-state index contributed by atoms with van der Waals surface area (Å²) in [5, 5.41) is 0. The highest BCUT2D eigenvalue weighted by Gasteiger charge is 2.54. The third kappa shape index (κ3) is 7.25. The van der Waals surface area contributed by atoms with E-state index < -0.39 is 11.3 Å². The Bertz CT molecular complexity index is 825. The van der Waals surface area contributed by atoms with Gasteiger partial charge in [-0.3, -0.25) is 4.90 Å². The van der Waals surface area contributed by atoms with Gasteiger partial charge in [0.25, 0.3) is 0 Å². The number of hydrogen-bond donors (Lipinski definition) is 0. The second-order valence-corrected chi connectivity index (χ2v) is 12.8. The minimum absolute atomic E-state index is 0.0250. The molecule has 1 aliphatic carbocycles. The molecule has 1 amide bonds. The lowest BCUT2D eigenvalue weighted by Gasteiger charge is -2.40. The Morgan fingerprint density at radius 3 is 2.31 bits per heavy atom. The maximum atomic E-state index is 13.5. The van der Waals surface area contributed by atoms with Crippen molar-refractivity contribution in [2.24, 2.45) is 11.8 Å². The van der Waals surface area contributed by atoms with Gasteiger partial charge in [-0.1, -0.05) is 83.2 Å². The lowest BCUT2D eigenvalue weighted by molar-refractivity contribution is -0.136. The minimum Gasteiger partial charge on any atom is -0.444 e. The van der Waals surface area contributed by atoms with Crippen molar-refractivity contribution in [3.8, 4) is 0 Å². The number of amides is 1. The molecule has 0 unspecified atom stereocenters. The first kappa shape index (κ1) is 29.0. The lowest BCUT2D eigenvalue weighted by atomic mass is 9.78. The molecule has 1 aromatic carbocycles. The molecule has 3 rings (SSSR count). The van der Waals surface area contributed by atoms with Gasteiger partial charge in [-0.05, 0) is 64.9 Å². The van der Waals surface area contributed by atoms with Gasteiger partial charge in [0.15, 0.2) is 0 Å². The smallest absolute Gasteiger partial charge is 0.412 e. The molecule has 0 aromatic heterocycles. The van der Waals surface area contributed by atoms with Crippen LogP contribution in [-0.4, -0.2) is 40.1 Å². The number of carbonyl (C=O) groups excluding carboxylic acids is 1. The van der Waals surface area contributed by atoms with Crippen molar-refractivity contribution in [2.45, 2.75) is 142 Å². The summed E-state index contributed by atoms with van der Waals surface area (Å²) in [5.74, 6) is 0.929.